The third kappa shape index (κ3) is 2.47. The van der Waals surface area contributed by atoms with Gasteiger partial charge in [0.2, 0.25) is 5.91 Å². The molecule has 0 saturated carbocycles. The first-order valence-corrected chi connectivity index (χ1v) is 5.15. The van der Waals surface area contributed by atoms with E-state index in [1.807, 2.05) is 4.90 Å². The number of carbonyl (C=O) groups excluding carboxylic acids is 1. The maximum atomic E-state index is 11.6. The predicted octanol–water partition coefficient (Wildman–Crippen LogP) is 2.87. The van der Waals surface area contributed by atoms with Gasteiger partial charge in [0.25, 0.3) is 0 Å². The second-order valence-electron chi connectivity index (χ2n) is 4.26. The van der Waals surface area contributed by atoms with Gasteiger partial charge in [-0.25, -0.2) is 0 Å². The molecule has 1 fully saturated rings. The SMILES string of the molecule is CC(C)=CC(=C(C)C)N1CCCC1=O. The molecule has 0 aromatic heterocycles. The summed E-state index contributed by atoms with van der Waals surface area (Å²) in [6.07, 6.45) is 3.79. The molecule has 0 aromatic carbocycles. The normalized spacial score (nSPS) is 15.7. The van der Waals surface area contributed by atoms with Crippen LogP contribution < -0.4 is 0 Å². The molecular formula is C12H19NO. The van der Waals surface area contributed by atoms with Crippen molar-refractivity contribution in [2.24, 2.45) is 0 Å². The van der Waals surface area contributed by atoms with E-state index >= 15 is 0 Å². The molecule has 1 aliphatic rings. The molecular weight excluding hydrogens is 174 g/mol. The van der Waals surface area contributed by atoms with Crippen molar-refractivity contribution in [2.75, 3.05) is 6.54 Å². The smallest absolute Gasteiger partial charge is 0.227 e. The van der Waals surface area contributed by atoms with Gasteiger partial charge in [0.05, 0.1) is 0 Å². The summed E-state index contributed by atoms with van der Waals surface area (Å²) in [5.74, 6) is 0.263. The van der Waals surface area contributed by atoms with Crippen molar-refractivity contribution in [1.29, 1.82) is 0 Å². The van der Waals surface area contributed by atoms with E-state index in [-0.39, 0.29) is 5.91 Å². The molecule has 2 nitrogen and oxygen atoms in total. The Hall–Kier alpha value is -1.05. The first-order chi connectivity index (χ1) is 6.52. The van der Waals surface area contributed by atoms with Gasteiger partial charge in [-0.05, 0) is 40.2 Å². The van der Waals surface area contributed by atoms with Crippen LogP contribution in [0, 0.1) is 0 Å². The van der Waals surface area contributed by atoms with Crippen LogP contribution in [-0.2, 0) is 4.79 Å². The van der Waals surface area contributed by atoms with Crippen LogP contribution >= 0.6 is 0 Å². The van der Waals surface area contributed by atoms with Gasteiger partial charge in [-0.15, -0.1) is 0 Å². The van der Waals surface area contributed by atoms with Crippen molar-refractivity contribution >= 4 is 5.91 Å². The van der Waals surface area contributed by atoms with Gasteiger partial charge < -0.3 is 4.90 Å². The molecule has 0 unspecified atom stereocenters. The van der Waals surface area contributed by atoms with Crippen molar-refractivity contribution in [3.8, 4) is 0 Å². The number of carbonyl (C=O) groups is 1. The lowest BCUT2D eigenvalue weighted by atomic mass is 10.2. The van der Waals surface area contributed by atoms with Gasteiger partial charge in [-0.3, -0.25) is 4.79 Å². The summed E-state index contributed by atoms with van der Waals surface area (Å²) in [6, 6.07) is 0. The topological polar surface area (TPSA) is 20.3 Å². The Bertz CT molecular complexity index is 291. The Morgan fingerprint density at radius 1 is 1.29 bits per heavy atom. The van der Waals surface area contributed by atoms with Gasteiger partial charge in [0, 0.05) is 18.7 Å². The number of hydrogen-bond acceptors (Lipinski definition) is 1. The Labute approximate surface area is 86.3 Å². The molecule has 0 aliphatic carbocycles. The fourth-order valence-corrected chi connectivity index (χ4v) is 1.67. The van der Waals surface area contributed by atoms with E-state index in [9.17, 15) is 4.79 Å². The highest BCUT2D eigenvalue weighted by Gasteiger charge is 2.22. The average molecular weight is 193 g/mol. The lowest BCUT2D eigenvalue weighted by molar-refractivity contribution is -0.125. The van der Waals surface area contributed by atoms with Crippen LogP contribution in [0.1, 0.15) is 40.5 Å². The van der Waals surface area contributed by atoms with Gasteiger partial charge >= 0.3 is 0 Å². The molecule has 14 heavy (non-hydrogen) atoms. The van der Waals surface area contributed by atoms with E-state index in [0.29, 0.717) is 6.42 Å². The first-order valence-electron chi connectivity index (χ1n) is 5.15. The maximum Gasteiger partial charge on any atom is 0.227 e. The molecule has 78 valence electrons. The molecule has 0 bridgehead atoms. The van der Waals surface area contributed by atoms with E-state index in [1.54, 1.807) is 0 Å². The number of allylic oxidation sites excluding steroid dienone is 3. The Balaban J connectivity index is 2.96. The van der Waals surface area contributed by atoms with E-state index in [0.717, 1.165) is 18.7 Å². The number of rotatable bonds is 2. The van der Waals surface area contributed by atoms with Crippen LogP contribution in [0.3, 0.4) is 0 Å². The molecule has 1 saturated heterocycles. The van der Waals surface area contributed by atoms with E-state index in [1.165, 1.54) is 11.1 Å². The zero-order valence-electron chi connectivity index (χ0n) is 9.55. The van der Waals surface area contributed by atoms with Gasteiger partial charge in [0.15, 0.2) is 0 Å². The summed E-state index contributed by atoms with van der Waals surface area (Å²) in [6.45, 7) is 9.11. The van der Waals surface area contributed by atoms with Crippen LogP contribution in [0.5, 0.6) is 0 Å². The molecule has 0 radical (unpaired) electrons. The summed E-state index contributed by atoms with van der Waals surface area (Å²) >= 11 is 0. The third-order valence-corrected chi connectivity index (χ3v) is 2.30. The quantitative estimate of drug-likeness (QED) is 0.617. The van der Waals surface area contributed by atoms with Crippen molar-refractivity contribution in [3.05, 3.63) is 22.9 Å². The van der Waals surface area contributed by atoms with Crippen molar-refractivity contribution in [2.45, 2.75) is 40.5 Å². The lowest BCUT2D eigenvalue weighted by Crippen LogP contribution is -2.23. The minimum atomic E-state index is 0.263. The van der Waals surface area contributed by atoms with Crippen LogP contribution in [0.15, 0.2) is 22.9 Å². The Morgan fingerprint density at radius 2 is 1.93 bits per heavy atom. The van der Waals surface area contributed by atoms with Crippen LogP contribution in [0.4, 0.5) is 0 Å². The number of likely N-dealkylation sites (tertiary alicyclic amines) is 1. The maximum absolute atomic E-state index is 11.6. The summed E-state index contributed by atoms with van der Waals surface area (Å²) in [5.41, 5.74) is 3.54. The highest BCUT2D eigenvalue weighted by atomic mass is 16.2. The van der Waals surface area contributed by atoms with Gasteiger partial charge in [-0.2, -0.15) is 0 Å². The van der Waals surface area contributed by atoms with Gasteiger partial charge in [0.1, 0.15) is 0 Å². The lowest BCUT2D eigenvalue weighted by Gasteiger charge is -2.19. The van der Waals surface area contributed by atoms with Crippen LogP contribution in [-0.4, -0.2) is 17.4 Å². The minimum Gasteiger partial charge on any atom is -0.312 e. The monoisotopic (exact) mass is 193 g/mol. The standard InChI is InChI=1S/C12H19NO/c1-9(2)8-11(10(3)4)13-7-5-6-12(13)14/h8H,5-7H2,1-4H3. The zero-order chi connectivity index (χ0) is 10.7. The molecule has 0 N–H and O–H groups in total. The Morgan fingerprint density at radius 3 is 2.29 bits per heavy atom. The van der Waals surface area contributed by atoms with Crippen LogP contribution in [0.2, 0.25) is 0 Å². The largest absolute Gasteiger partial charge is 0.312 e. The third-order valence-electron chi connectivity index (χ3n) is 2.30. The van der Waals surface area contributed by atoms with Gasteiger partial charge in [-0.1, -0.05) is 11.1 Å². The summed E-state index contributed by atoms with van der Waals surface area (Å²) in [5, 5.41) is 0. The summed E-state index contributed by atoms with van der Waals surface area (Å²) in [7, 11) is 0. The molecule has 1 amide bonds. The predicted molar refractivity (Wildman–Crippen MR) is 58.8 cm³/mol. The Kier molecular flexibility index (Phi) is 3.50. The number of amides is 1. The van der Waals surface area contributed by atoms with E-state index in [4.69, 9.17) is 0 Å². The summed E-state index contributed by atoms with van der Waals surface area (Å²) < 4.78 is 0. The highest BCUT2D eigenvalue weighted by molar-refractivity contribution is 5.80. The molecule has 0 atom stereocenters. The highest BCUT2D eigenvalue weighted by Crippen LogP contribution is 2.21. The van der Waals surface area contributed by atoms with Crippen molar-refractivity contribution in [1.82, 2.24) is 4.90 Å². The molecule has 1 heterocycles. The molecule has 0 aromatic rings. The first kappa shape index (κ1) is 11.0. The van der Waals surface area contributed by atoms with E-state index in [2.05, 4.69) is 33.8 Å². The number of nitrogens with zero attached hydrogens (tertiary/aromatic N) is 1. The fourth-order valence-electron chi connectivity index (χ4n) is 1.67. The van der Waals surface area contributed by atoms with Crippen molar-refractivity contribution in [3.63, 3.8) is 0 Å². The molecule has 2 heteroatoms. The molecule has 0 spiro atoms. The summed E-state index contributed by atoms with van der Waals surface area (Å²) in [4.78, 5) is 13.5. The molecule has 1 rings (SSSR count). The second-order valence-corrected chi connectivity index (χ2v) is 4.26. The van der Waals surface area contributed by atoms with Crippen molar-refractivity contribution < 1.29 is 4.79 Å². The van der Waals surface area contributed by atoms with E-state index < -0.39 is 0 Å². The fraction of sp³-hybridized carbons (Fsp3) is 0.583. The average Bonchev–Trinajstić information content (AvgIpc) is 2.46. The van der Waals surface area contributed by atoms with Crippen LogP contribution in [0.25, 0.3) is 0 Å². The number of hydrogen-bond donors (Lipinski definition) is 0. The minimum absolute atomic E-state index is 0.263. The second kappa shape index (κ2) is 4.45. The molecule has 1 aliphatic heterocycles. The zero-order valence-corrected chi connectivity index (χ0v) is 9.55.